The summed E-state index contributed by atoms with van der Waals surface area (Å²) < 4.78 is 18.6. The van der Waals surface area contributed by atoms with Crippen LogP contribution in [0.1, 0.15) is 28.4 Å². The Morgan fingerprint density at radius 3 is 2.88 bits per heavy atom. The minimum Gasteiger partial charge on any atom is -0.492 e. The number of rotatable bonds is 1. The fraction of sp³-hybridized carbons (Fsp3) is 0.300. The van der Waals surface area contributed by atoms with Gasteiger partial charge < -0.3 is 15.6 Å². The number of hydrogen-bond donors (Lipinski definition) is 2. The van der Waals surface area contributed by atoms with Crippen molar-refractivity contribution in [1.29, 1.82) is 0 Å². The molecule has 3 N–H and O–H groups in total. The van der Waals surface area contributed by atoms with Crippen LogP contribution < -0.4 is 10.5 Å². The summed E-state index contributed by atoms with van der Waals surface area (Å²) >= 11 is 0. The lowest BCUT2D eigenvalue weighted by molar-refractivity contribution is 0.0690. The Kier molecular flexibility index (Phi) is 3.72. The van der Waals surface area contributed by atoms with Crippen LogP contribution in [-0.4, -0.2) is 17.7 Å². The molecule has 0 fully saturated rings. The average molecular weight is 248 g/mol. The van der Waals surface area contributed by atoms with Crippen LogP contribution in [0, 0.1) is 5.82 Å². The highest BCUT2D eigenvalue weighted by Gasteiger charge is 2.26. The minimum atomic E-state index is -1.14. The molecule has 0 bridgehead atoms. The number of fused-ring (bicyclic) bond motifs is 1. The lowest BCUT2D eigenvalue weighted by Crippen LogP contribution is -2.23. The molecule has 1 heterocycles. The van der Waals surface area contributed by atoms with E-state index in [0.717, 1.165) is 6.07 Å². The molecule has 1 aliphatic rings. The van der Waals surface area contributed by atoms with Crippen molar-refractivity contribution in [3.05, 3.63) is 29.1 Å². The summed E-state index contributed by atoms with van der Waals surface area (Å²) in [7, 11) is 0. The topological polar surface area (TPSA) is 72.5 Å². The van der Waals surface area contributed by atoms with E-state index in [1.807, 2.05) is 0 Å². The quantitative estimate of drug-likeness (QED) is 0.793. The smallest absolute Gasteiger partial charge is 0.339 e. The minimum absolute atomic E-state index is 0. The zero-order valence-corrected chi connectivity index (χ0v) is 9.09. The lowest BCUT2D eigenvalue weighted by atomic mass is 9.97. The Labute approximate surface area is 97.6 Å². The second-order valence-corrected chi connectivity index (χ2v) is 3.39. The number of carbonyl (C=O) groups is 1. The van der Waals surface area contributed by atoms with E-state index in [1.165, 1.54) is 6.07 Å². The molecule has 1 aliphatic heterocycles. The highest BCUT2D eigenvalue weighted by molar-refractivity contribution is 5.91. The Morgan fingerprint density at radius 1 is 1.56 bits per heavy atom. The number of ether oxygens (including phenoxy) is 1. The van der Waals surface area contributed by atoms with E-state index < -0.39 is 17.8 Å². The van der Waals surface area contributed by atoms with Gasteiger partial charge in [-0.2, -0.15) is 0 Å². The van der Waals surface area contributed by atoms with E-state index in [2.05, 4.69) is 0 Å². The van der Waals surface area contributed by atoms with Gasteiger partial charge in [0.1, 0.15) is 17.1 Å². The molecule has 1 atom stereocenters. The molecule has 0 aromatic heterocycles. The molecule has 0 spiro atoms. The summed E-state index contributed by atoms with van der Waals surface area (Å²) in [5.74, 6) is -1.58. The van der Waals surface area contributed by atoms with Crippen LogP contribution >= 0.6 is 12.4 Å². The molecule has 6 heteroatoms. The maximum Gasteiger partial charge on any atom is 0.339 e. The van der Waals surface area contributed by atoms with E-state index in [-0.39, 0.29) is 29.3 Å². The third-order valence-electron chi connectivity index (χ3n) is 2.42. The molecule has 0 saturated heterocycles. The molecule has 0 saturated carbocycles. The largest absolute Gasteiger partial charge is 0.492 e. The molecular weight excluding hydrogens is 237 g/mol. The van der Waals surface area contributed by atoms with Crippen molar-refractivity contribution in [2.45, 2.75) is 12.5 Å². The van der Waals surface area contributed by atoms with Gasteiger partial charge in [-0.25, -0.2) is 9.18 Å². The van der Waals surface area contributed by atoms with Gasteiger partial charge in [-0.1, -0.05) is 0 Å². The van der Waals surface area contributed by atoms with Crippen LogP contribution in [0.5, 0.6) is 5.75 Å². The Morgan fingerprint density at radius 2 is 2.25 bits per heavy atom. The fourth-order valence-electron chi connectivity index (χ4n) is 1.68. The third-order valence-corrected chi connectivity index (χ3v) is 2.42. The summed E-state index contributed by atoms with van der Waals surface area (Å²) in [6.07, 6.45) is 0.493. The van der Waals surface area contributed by atoms with Gasteiger partial charge in [0, 0.05) is 18.0 Å². The second-order valence-electron chi connectivity index (χ2n) is 3.39. The van der Waals surface area contributed by atoms with Crippen LogP contribution in [0.3, 0.4) is 0 Å². The van der Waals surface area contributed by atoms with Crippen molar-refractivity contribution in [3.63, 3.8) is 0 Å². The summed E-state index contributed by atoms with van der Waals surface area (Å²) in [5.41, 5.74) is 5.83. The Balaban J connectivity index is 0.00000128. The van der Waals surface area contributed by atoms with Crippen molar-refractivity contribution in [2.24, 2.45) is 5.73 Å². The van der Waals surface area contributed by atoms with Gasteiger partial charge in [0.15, 0.2) is 0 Å². The highest BCUT2D eigenvalue weighted by Crippen LogP contribution is 2.35. The average Bonchev–Trinajstić information content (AvgIpc) is 2.17. The SMILES string of the molecule is Cl.N[C@@H]1CCOc2c(C(=O)O)ccc(F)c21. The monoisotopic (exact) mass is 247 g/mol. The van der Waals surface area contributed by atoms with Gasteiger partial charge in [-0.15, -0.1) is 12.4 Å². The number of nitrogens with two attached hydrogens (primary N) is 1. The molecule has 1 aromatic carbocycles. The predicted octanol–water partition coefficient (Wildman–Crippen LogP) is 1.73. The number of carboxylic acid groups (broad SMARTS) is 1. The summed E-state index contributed by atoms with van der Waals surface area (Å²) in [4.78, 5) is 10.8. The van der Waals surface area contributed by atoms with Gasteiger partial charge >= 0.3 is 5.97 Å². The fourth-order valence-corrected chi connectivity index (χ4v) is 1.68. The van der Waals surface area contributed by atoms with Crippen molar-refractivity contribution in [2.75, 3.05) is 6.61 Å². The van der Waals surface area contributed by atoms with E-state index in [9.17, 15) is 9.18 Å². The molecule has 0 unspecified atom stereocenters. The second kappa shape index (κ2) is 4.67. The molecule has 0 radical (unpaired) electrons. The van der Waals surface area contributed by atoms with E-state index >= 15 is 0 Å². The first-order valence-corrected chi connectivity index (χ1v) is 4.55. The summed E-state index contributed by atoms with van der Waals surface area (Å²) in [6, 6.07) is 1.80. The highest BCUT2D eigenvalue weighted by atomic mass is 35.5. The van der Waals surface area contributed by atoms with Crippen LogP contribution in [0.15, 0.2) is 12.1 Å². The number of halogens is 2. The molecule has 2 rings (SSSR count). The zero-order valence-electron chi connectivity index (χ0n) is 8.27. The summed E-state index contributed by atoms with van der Waals surface area (Å²) in [6.45, 7) is 0.317. The van der Waals surface area contributed by atoms with Crippen LogP contribution in [0.25, 0.3) is 0 Å². The standard InChI is InChI=1S/C10H10FNO3.ClH/c11-6-2-1-5(10(13)14)9-8(6)7(12)3-4-15-9;/h1-2,7H,3-4,12H2,(H,13,14);1H/t7-;/m1./s1. The Hall–Kier alpha value is -1.33. The van der Waals surface area contributed by atoms with Crippen molar-refractivity contribution in [3.8, 4) is 5.75 Å². The van der Waals surface area contributed by atoms with Gasteiger partial charge in [0.25, 0.3) is 0 Å². The maximum atomic E-state index is 13.4. The molecule has 1 aromatic rings. The zero-order chi connectivity index (χ0) is 11.0. The third kappa shape index (κ3) is 1.96. The molecule has 88 valence electrons. The first kappa shape index (κ1) is 12.7. The predicted molar refractivity (Wildman–Crippen MR) is 57.6 cm³/mol. The molecule has 0 aliphatic carbocycles. The van der Waals surface area contributed by atoms with Crippen LogP contribution in [0.2, 0.25) is 0 Å². The van der Waals surface area contributed by atoms with Crippen LogP contribution in [0.4, 0.5) is 4.39 Å². The summed E-state index contributed by atoms with van der Waals surface area (Å²) in [5, 5.41) is 8.87. The molecule has 16 heavy (non-hydrogen) atoms. The van der Waals surface area contributed by atoms with E-state index in [4.69, 9.17) is 15.6 Å². The molecule has 0 amide bonds. The number of carboxylic acids is 1. The molecular formula is C10H11ClFNO3. The molecule has 4 nitrogen and oxygen atoms in total. The maximum absolute atomic E-state index is 13.4. The normalized spacial score (nSPS) is 18.0. The number of hydrogen-bond acceptors (Lipinski definition) is 3. The first-order valence-electron chi connectivity index (χ1n) is 4.55. The van der Waals surface area contributed by atoms with Crippen LogP contribution in [-0.2, 0) is 0 Å². The van der Waals surface area contributed by atoms with Gasteiger partial charge in [0.05, 0.1) is 6.61 Å². The van der Waals surface area contributed by atoms with Gasteiger partial charge in [-0.3, -0.25) is 0 Å². The number of aromatic carboxylic acids is 1. The van der Waals surface area contributed by atoms with Gasteiger partial charge in [-0.05, 0) is 12.1 Å². The van der Waals surface area contributed by atoms with Crippen molar-refractivity contribution >= 4 is 18.4 Å². The number of benzene rings is 1. The van der Waals surface area contributed by atoms with E-state index in [0.29, 0.717) is 13.0 Å². The van der Waals surface area contributed by atoms with Crippen molar-refractivity contribution < 1.29 is 19.0 Å². The Bertz CT molecular complexity index is 425. The lowest BCUT2D eigenvalue weighted by Gasteiger charge is -2.24. The van der Waals surface area contributed by atoms with Crippen molar-refractivity contribution in [1.82, 2.24) is 0 Å². The van der Waals surface area contributed by atoms with Gasteiger partial charge in [0.2, 0.25) is 0 Å². The first-order chi connectivity index (χ1) is 7.11. The van der Waals surface area contributed by atoms with E-state index in [1.54, 1.807) is 0 Å².